The summed E-state index contributed by atoms with van der Waals surface area (Å²) in [6.07, 6.45) is 0.253. The lowest BCUT2D eigenvalue weighted by Gasteiger charge is -2.09. The quantitative estimate of drug-likeness (QED) is 0.751. The Morgan fingerprint density at radius 2 is 1.83 bits per heavy atom. The lowest BCUT2D eigenvalue weighted by atomic mass is 10.2. The molecule has 0 saturated carbocycles. The van der Waals surface area contributed by atoms with Crippen LogP contribution in [0.15, 0.2) is 42.5 Å². The van der Waals surface area contributed by atoms with Crippen LogP contribution in [0.1, 0.15) is 16.8 Å². The number of rotatable bonds is 6. The molecule has 7 heteroatoms. The van der Waals surface area contributed by atoms with Crippen LogP contribution in [-0.2, 0) is 9.53 Å². The molecule has 0 spiro atoms. The van der Waals surface area contributed by atoms with Gasteiger partial charge >= 0.3 is 5.97 Å². The van der Waals surface area contributed by atoms with Gasteiger partial charge in [-0.25, -0.2) is 4.79 Å². The van der Waals surface area contributed by atoms with E-state index in [1.54, 1.807) is 42.5 Å². The van der Waals surface area contributed by atoms with Gasteiger partial charge in [0.1, 0.15) is 0 Å². The van der Waals surface area contributed by atoms with Gasteiger partial charge in [0.2, 0.25) is 5.91 Å². The summed E-state index contributed by atoms with van der Waals surface area (Å²) in [5.74, 6) is -0.628. The molecule has 1 amide bonds. The molecule has 2 N–H and O–H groups in total. The van der Waals surface area contributed by atoms with Gasteiger partial charge < -0.3 is 15.4 Å². The summed E-state index contributed by atoms with van der Waals surface area (Å²) < 4.78 is 4.65. The molecular weight excluding hydrogens is 351 g/mol. The highest BCUT2D eigenvalue weighted by Crippen LogP contribution is 2.24. The Bertz CT molecular complexity index is 750. The first kappa shape index (κ1) is 18.1. The normalized spacial score (nSPS) is 10.1. The zero-order chi connectivity index (χ0) is 17.5. The molecule has 0 atom stereocenters. The number of amides is 1. The standard InChI is InChI=1S/C17H16Cl2N2O3/c1-24-17(23)11-3-2-4-13(9-11)21-16(22)7-8-20-12-5-6-14(18)15(19)10-12/h2-6,9-10,20H,7-8H2,1H3,(H,21,22). The predicted molar refractivity (Wildman–Crippen MR) is 96.0 cm³/mol. The number of benzene rings is 2. The van der Waals surface area contributed by atoms with E-state index >= 15 is 0 Å². The van der Waals surface area contributed by atoms with E-state index in [9.17, 15) is 9.59 Å². The Morgan fingerprint density at radius 1 is 1.04 bits per heavy atom. The van der Waals surface area contributed by atoms with E-state index in [1.165, 1.54) is 7.11 Å². The lowest BCUT2D eigenvalue weighted by molar-refractivity contribution is -0.115. The number of ether oxygens (including phenoxy) is 1. The average molecular weight is 367 g/mol. The van der Waals surface area contributed by atoms with Crippen LogP contribution in [-0.4, -0.2) is 25.5 Å². The third-order valence-corrected chi connectivity index (χ3v) is 3.91. The maximum atomic E-state index is 12.0. The minimum atomic E-state index is -0.451. The molecule has 0 radical (unpaired) electrons. The summed E-state index contributed by atoms with van der Waals surface area (Å²) >= 11 is 11.8. The minimum absolute atomic E-state index is 0.176. The van der Waals surface area contributed by atoms with E-state index in [0.717, 1.165) is 5.69 Å². The highest BCUT2D eigenvalue weighted by Gasteiger charge is 2.08. The Morgan fingerprint density at radius 3 is 2.54 bits per heavy atom. The van der Waals surface area contributed by atoms with Crippen molar-refractivity contribution < 1.29 is 14.3 Å². The monoisotopic (exact) mass is 366 g/mol. The van der Waals surface area contributed by atoms with Gasteiger partial charge in [-0.15, -0.1) is 0 Å². The second-order valence-corrected chi connectivity index (χ2v) is 5.74. The molecule has 0 aliphatic heterocycles. The highest BCUT2D eigenvalue weighted by atomic mass is 35.5. The van der Waals surface area contributed by atoms with Crippen LogP contribution in [0.4, 0.5) is 11.4 Å². The van der Waals surface area contributed by atoms with Crippen molar-refractivity contribution >= 4 is 46.5 Å². The molecule has 0 bridgehead atoms. The number of methoxy groups -OCH3 is 1. The second kappa shape index (κ2) is 8.57. The summed E-state index contributed by atoms with van der Waals surface area (Å²) in [5, 5.41) is 6.75. The first-order valence-electron chi connectivity index (χ1n) is 7.17. The van der Waals surface area contributed by atoms with Crippen LogP contribution in [0.25, 0.3) is 0 Å². The van der Waals surface area contributed by atoms with Crippen molar-refractivity contribution in [2.45, 2.75) is 6.42 Å². The lowest BCUT2D eigenvalue weighted by Crippen LogP contribution is -2.16. The molecule has 24 heavy (non-hydrogen) atoms. The van der Waals surface area contributed by atoms with E-state index in [0.29, 0.717) is 27.8 Å². The Balaban J connectivity index is 1.85. The van der Waals surface area contributed by atoms with Gasteiger partial charge in [0.25, 0.3) is 0 Å². The number of hydrogen-bond acceptors (Lipinski definition) is 4. The first-order chi connectivity index (χ1) is 11.5. The van der Waals surface area contributed by atoms with Crippen molar-refractivity contribution in [3.05, 3.63) is 58.1 Å². The Labute approximate surface area is 149 Å². The average Bonchev–Trinajstić information content (AvgIpc) is 2.57. The van der Waals surface area contributed by atoms with Crippen LogP contribution in [0.5, 0.6) is 0 Å². The molecule has 0 saturated heterocycles. The Kier molecular flexibility index (Phi) is 6.46. The molecule has 2 aromatic rings. The molecule has 0 aliphatic carbocycles. The molecule has 5 nitrogen and oxygen atoms in total. The van der Waals surface area contributed by atoms with Crippen molar-refractivity contribution in [2.24, 2.45) is 0 Å². The largest absolute Gasteiger partial charge is 0.465 e. The summed E-state index contributed by atoms with van der Waals surface area (Å²) in [7, 11) is 1.31. The zero-order valence-electron chi connectivity index (χ0n) is 12.9. The van der Waals surface area contributed by atoms with Crippen molar-refractivity contribution in [3.8, 4) is 0 Å². The molecule has 0 fully saturated rings. The van der Waals surface area contributed by atoms with Gasteiger partial charge in [-0.3, -0.25) is 4.79 Å². The maximum Gasteiger partial charge on any atom is 0.337 e. The zero-order valence-corrected chi connectivity index (χ0v) is 14.4. The van der Waals surface area contributed by atoms with Crippen molar-refractivity contribution in [3.63, 3.8) is 0 Å². The molecule has 0 aromatic heterocycles. The third kappa shape index (κ3) is 5.15. The molecular formula is C17H16Cl2N2O3. The summed E-state index contributed by atoms with van der Waals surface area (Å²) in [4.78, 5) is 23.4. The number of halogens is 2. The van der Waals surface area contributed by atoms with Crippen molar-refractivity contribution in [1.29, 1.82) is 0 Å². The SMILES string of the molecule is COC(=O)c1cccc(NC(=O)CCNc2ccc(Cl)c(Cl)c2)c1. The number of carbonyl (C=O) groups is 2. The summed E-state index contributed by atoms with van der Waals surface area (Å²) in [6.45, 7) is 0.431. The second-order valence-electron chi connectivity index (χ2n) is 4.93. The molecule has 0 unspecified atom stereocenters. The fourth-order valence-electron chi connectivity index (χ4n) is 1.99. The van der Waals surface area contributed by atoms with E-state index < -0.39 is 5.97 Å². The van der Waals surface area contributed by atoms with Crippen LogP contribution in [0, 0.1) is 0 Å². The van der Waals surface area contributed by atoms with Gasteiger partial charge in [-0.2, -0.15) is 0 Å². The number of anilines is 2. The van der Waals surface area contributed by atoms with E-state index in [4.69, 9.17) is 23.2 Å². The fraction of sp³-hybridized carbons (Fsp3) is 0.176. The minimum Gasteiger partial charge on any atom is -0.465 e. The van der Waals surface area contributed by atoms with Crippen LogP contribution < -0.4 is 10.6 Å². The van der Waals surface area contributed by atoms with Crippen molar-refractivity contribution in [1.82, 2.24) is 0 Å². The topological polar surface area (TPSA) is 67.4 Å². The van der Waals surface area contributed by atoms with E-state index in [1.807, 2.05) is 0 Å². The molecule has 2 rings (SSSR count). The van der Waals surface area contributed by atoms with Gasteiger partial charge in [0, 0.05) is 24.3 Å². The van der Waals surface area contributed by atoms with Gasteiger partial charge in [-0.05, 0) is 36.4 Å². The molecule has 0 heterocycles. The van der Waals surface area contributed by atoms with Gasteiger partial charge in [0.05, 0.1) is 22.7 Å². The number of carbonyl (C=O) groups excluding carboxylic acids is 2. The first-order valence-corrected chi connectivity index (χ1v) is 7.92. The highest BCUT2D eigenvalue weighted by molar-refractivity contribution is 6.42. The maximum absolute atomic E-state index is 12.0. The predicted octanol–water partition coefficient (Wildman–Crippen LogP) is 4.22. The van der Waals surface area contributed by atoms with E-state index in [2.05, 4.69) is 15.4 Å². The molecule has 2 aromatic carbocycles. The number of hydrogen-bond donors (Lipinski definition) is 2. The molecule has 126 valence electrons. The molecule has 0 aliphatic rings. The van der Waals surface area contributed by atoms with Crippen LogP contribution >= 0.6 is 23.2 Å². The Hall–Kier alpha value is -2.24. The summed E-state index contributed by atoms with van der Waals surface area (Å²) in [5.41, 5.74) is 1.70. The van der Waals surface area contributed by atoms with Crippen LogP contribution in [0.2, 0.25) is 10.0 Å². The van der Waals surface area contributed by atoms with Gasteiger partial charge in [0.15, 0.2) is 0 Å². The fourth-order valence-corrected chi connectivity index (χ4v) is 2.29. The number of nitrogens with one attached hydrogen (secondary N) is 2. The number of esters is 1. The smallest absolute Gasteiger partial charge is 0.337 e. The third-order valence-electron chi connectivity index (χ3n) is 3.17. The van der Waals surface area contributed by atoms with Gasteiger partial charge in [-0.1, -0.05) is 29.3 Å². The van der Waals surface area contributed by atoms with E-state index in [-0.39, 0.29) is 12.3 Å². The summed E-state index contributed by atoms with van der Waals surface area (Å²) in [6, 6.07) is 11.7. The van der Waals surface area contributed by atoms with Crippen molar-refractivity contribution in [2.75, 3.05) is 24.3 Å². The van der Waals surface area contributed by atoms with Crippen LogP contribution in [0.3, 0.4) is 0 Å².